The highest BCUT2D eigenvalue weighted by atomic mass is 19.1. The third-order valence-electron chi connectivity index (χ3n) is 5.81. The van der Waals surface area contributed by atoms with Crippen LogP contribution in [0.2, 0.25) is 0 Å². The summed E-state index contributed by atoms with van der Waals surface area (Å²) in [4.78, 5) is 16.2. The Bertz CT molecular complexity index is 1390. The maximum atomic E-state index is 15.2. The molecule has 0 unspecified atom stereocenters. The summed E-state index contributed by atoms with van der Waals surface area (Å²) in [7, 11) is 2.06. The maximum absolute atomic E-state index is 15.2. The van der Waals surface area contributed by atoms with Crippen molar-refractivity contribution in [1.82, 2.24) is 30.0 Å². The number of hydrogen-bond donors (Lipinski definition) is 3. The van der Waals surface area contributed by atoms with Crippen LogP contribution >= 0.6 is 0 Å². The lowest BCUT2D eigenvalue weighted by Crippen LogP contribution is -2.44. The number of H-pyrrole nitrogens is 2. The monoisotopic (exact) mass is 480 g/mol. The Morgan fingerprint density at radius 3 is 2.66 bits per heavy atom. The Balaban J connectivity index is 1.51. The molecule has 4 aromatic rings. The van der Waals surface area contributed by atoms with Gasteiger partial charge in [-0.05, 0) is 33.0 Å². The number of nitrogens with zero attached hydrogens (tertiary/aromatic N) is 5. The Kier molecular flexibility index (Phi) is 6.08. The second kappa shape index (κ2) is 9.34. The molecule has 5 rings (SSSR count). The lowest BCUT2D eigenvalue weighted by Gasteiger charge is -2.33. The zero-order valence-electron chi connectivity index (χ0n) is 19.7. The van der Waals surface area contributed by atoms with Gasteiger partial charge in [-0.25, -0.2) is 8.78 Å². The molecule has 0 bridgehead atoms. The summed E-state index contributed by atoms with van der Waals surface area (Å²) in [6, 6.07) is 6.22. The number of aryl methyl sites for hydroxylation is 1. The van der Waals surface area contributed by atoms with E-state index in [0.717, 1.165) is 37.6 Å². The summed E-state index contributed by atoms with van der Waals surface area (Å²) in [6.45, 7) is 6.91. The second-order valence-corrected chi connectivity index (χ2v) is 8.53. The fraction of sp³-hybridized carbons (Fsp3) is 0.292. The van der Waals surface area contributed by atoms with Crippen molar-refractivity contribution in [3.05, 3.63) is 53.4 Å². The smallest absolute Gasteiger partial charge is 0.233 e. The van der Waals surface area contributed by atoms with Gasteiger partial charge in [-0.1, -0.05) is 6.08 Å². The van der Waals surface area contributed by atoms with E-state index < -0.39 is 17.4 Å². The number of likely N-dealkylation sites (N-methyl/N-ethyl adjacent to an activating group) is 1. The predicted molar refractivity (Wildman–Crippen MR) is 131 cm³/mol. The first-order chi connectivity index (χ1) is 16.9. The SMILES string of the molecule is C/C=C/c1cc(Nc2nc(Oc3c(F)cc4[nH]c(C)cc4c3F)cc(N3CCN(C)CC3)n2)n[nH]1. The molecule has 0 radical (unpaired) electrons. The number of aromatic amines is 2. The number of anilines is 3. The molecular formula is C24H26F2N8O. The molecule has 1 aliphatic rings. The molecule has 0 spiro atoms. The van der Waals surface area contributed by atoms with Crippen LogP contribution in [0.15, 0.2) is 30.3 Å². The minimum Gasteiger partial charge on any atom is -0.433 e. The van der Waals surface area contributed by atoms with Crippen molar-refractivity contribution in [3.8, 4) is 11.6 Å². The summed E-state index contributed by atoms with van der Waals surface area (Å²) in [5, 5.41) is 10.4. The van der Waals surface area contributed by atoms with Crippen molar-refractivity contribution in [1.29, 1.82) is 0 Å². The van der Waals surface area contributed by atoms with E-state index in [1.807, 2.05) is 19.1 Å². The molecule has 0 saturated carbocycles. The zero-order valence-corrected chi connectivity index (χ0v) is 19.7. The summed E-state index contributed by atoms with van der Waals surface area (Å²) >= 11 is 0. The summed E-state index contributed by atoms with van der Waals surface area (Å²) in [5.41, 5.74) is 1.89. The maximum Gasteiger partial charge on any atom is 0.233 e. The normalized spacial score (nSPS) is 14.8. The van der Waals surface area contributed by atoms with Gasteiger partial charge in [0.15, 0.2) is 17.5 Å². The van der Waals surface area contributed by atoms with Crippen molar-refractivity contribution in [2.24, 2.45) is 0 Å². The quantitative estimate of drug-likeness (QED) is 0.371. The molecule has 1 aromatic carbocycles. The number of halogens is 2. The summed E-state index contributed by atoms with van der Waals surface area (Å²) in [6.07, 6.45) is 3.76. The Hall–Kier alpha value is -3.99. The van der Waals surface area contributed by atoms with Gasteiger partial charge in [-0.15, -0.1) is 0 Å². The molecule has 0 atom stereocenters. The number of ether oxygens (including phenoxy) is 1. The van der Waals surface area contributed by atoms with E-state index in [-0.39, 0.29) is 17.2 Å². The van der Waals surface area contributed by atoms with Gasteiger partial charge < -0.3 is 24.8 Å². The molecule has 1 saturated heterocycles. The van der Waals surface area contributed by atoms with Crippen LogP contribution in [-0.4, -0.2) is 63.3 Å². The van der Waals surface area contributed by atoms with Crippen LogP contribution in [0.5, 0.6) is 11.6 Å². The Morgan fingerprint density at radius 1 is 1.09 bits per heavy atom. The lowest BCUT2D eigenvalue weighted by atomic mass is 10.2. The molecule has 1 fully saturated rings. The minimum absolute atomic E-state index is 0.0186. The first-order valence-electron chi connectivity index (χ1n) is 11.3. The number of fused-ring (bicyclic) bond motifs is 1. The first-order valence-corrected chi connectivity index (χ1v) is 11.3. The van der Waals surface area contributed by atoms with Crippen LogP contribution in [0, 0.1) is 18.6 Å². The van der Waals surface area contributed by atoms with Gasteiger partial charge in [0.25, 0.3) is 0 Å². The van der Waals surface area contributed by atoms with Gasteiger partial charge in [-0.2, -0.15) is 15.1 Å². The van der Waals surface area contributed by atoms with E-state index in [9.17, 15) is 4.39 Å². The van der Waals surface area contributed by atoms with E-state index in [1.165, 1.54) is 6.07 Å². The molecule has 35 heavy (non-hydrogen) atoms. The molecule has 9 nitrogen and oxygen atoms in total. The molecule has 0 aliphatic carbocycles. The van der Waals surface area contributed by atoms with Crippen LogP contribution < -0.4 is 15.0 Å². The number of rotatable bonds is 6. The van der Waals surface area contributed by atoms with E-state index in [0.29, 0.717) is 17.2 Å². The van der Waals surface area contributed by atoms with Crippen LogP contribution in [0.25, 0.3) is 17.0 Å². The zero-order chi connectivity index (χ0) is 24.5. The van der Waals surface area contributed by atoms with Crippen molar-refractivity contribution >= 4 is 34.6 Å². The fourth-order valence-corrected chi connectivity index (χ4v) is 4.02. The van der Waals surface area contributed by atoms with Crippen LogP contribution in [-0.2, 0) is 0 Å². The van der Waals surface area contributed by atoms with Crippen LogP contribution in [0.3, 0.4) is 0 Å². The third-order valence-corrected chi connectivity index (χ3v) is 5.81. The second-order valence-electron chi connectivity index (χ2n) is 8.53. The average Bonchev–Trinajstić information content (AvgIpc) is 3.42. The third kappa shape index (κ3) is 4.80. The van der Waals surface area contributed by atoms with Gasteiger partial charge >= 0.3 is 0 Å². The molecule has 182 valence electrons. The molecule has 0 amide bonds. The van der Waals surface area contributed by atoms with E-state index >= 15 is 4.39 Å². The molecule has 1 aliphatic heterocycles. The van der Waals surface area contributed by atoms with Gasteiger partial charge in [0.05, 0.1) is 11.2 Å². The number of benzene rings is 1. The molecular weight excluding hydrogens is 454 g/mol. The number of piperazine rings is 1. The average molecular weight is 481 g/mol. The number of hydrogen-bond acceptors (Lipinski definition) is 7. The number of aromatic nitrogens is 5. The van der Waals surface area contributed by atoms with E-state index in [4.69, 9.17) is 4.74 Å². The summed E-state index contributed by atoms with van der Waals surface area (Å²) in [5.74, 6) is -0.813. The topological polar surface area (TPSA) is 98.0 Å². The van der Waals surface area contributed by atoms with Crippen LogP contribution in [0.1, 0.15) is 18.3 Å². The van der Waals surface area contributed by atoms with Gasteiger partial charge in [-0.3, -0.25) is 5.10 Å². The molecule has 4 heterocycles. The Labute approximate surface area is 200 Å². The number of nitrogens with one attached hydrogen (secondary N) is 3. The highest BCUT2D eigenvalue weighted by molar-refractivity contribution is 5.83. The fourth-order valence-electron chi connectivity index (χ4n) is 4.02. The van der Waals surface area contributed by atoms with Crippen molar-refractivity contribution in [3.63, 3.8) is 0 Å². The molecule has 3 aromatic heterocycles. The van der Waals surface area contributed by atoms with Gasteiger partial charge in [0, 0.05) is 55.5 Å². The van der Waals surface area contributed by atoms with Crippen molar-refractivity contribution < 1.29 is 13.5 Å². The van der Waals surface area contributed by atoms with Crippen molar-refractivity contribution in [2.45, 2.75) is 13.8 Å². The highest BCUT2D eigenvalue weighted by Crippen LogP contribution is 2.34. The predicted octanol–water partition coefficient (Wildman–Crippen LogP) is 4.59. The minimum atomic E-state index is -0.825. The van der Waals surface area contributed by atoms with Gasteiger partial charge in [0.1, 0.15) is 5.82 Å². The standard InChI is InChI=1S/C24H26F2N8O/c1-4-5-15-11-19(32-31-15)28-24-29-20(34-8-6-33(3)7-9-34)13-21(30-24)35-23-17(25)12-18-16(22(23)26)10-14(2)27-18/h4-5,10-13,27H,6-9H2,1-3H3,(H2,28,29,30,31,32)/b5-4+. The largest absolute Gasteiger partial charge is 0.433 e. The van der Waals surface area contributed by atoms with Gasteiger partial charge in [0.2, 0.25) is 17.6 Å². The summed E-state index contributed by atoms with van der Waals surface area (Å²) < 4.78 is 35.7. The lowest BCUT2D eigenvalue weighted by molar-refractivity contribution is 0.312. The van der Waals surface area contributed by atoms with Crippen molar-refractivity contribution in [2.75, 3.05) is 43.4 Å². The molecule has 3 N–H and O–H groups in total. The highest BCUT2D eigenvalue weighted by Gasteiger charge is 2.21. The molecule has 11 heteroatoms. The Morgan fingerprint density at radius 2 is 1.89 bits per heavy atom. The number of allylic oxidation sites excluding steroid dienone is 1. The van der Waals surface area contributed by atoms with Crippen LogP contribution in [0.4, 0.5) is 26.4 Å². The first kappa shape index (κ1) is 22.8. The van der Waals surface area contributed by atoms with E-state index in [2.05, 4.69) is 47.3 Å². The van der Waals surface area contributed by atoms with E-state index in [1.54, 1.807) is 25.1 Å².